The van der Waals surface area contributed by atoms with Gasteiger partial charge in [-0.15, -0.1) is 0 Å². The molecule has 0 aromatic heterocycles. The van der Waals surface area contributed by atoms with Gasteiger partial charge in [-0.25, -0.2) is 26.3 Å². The zero-order chi connectivity index (χ0) is 14.7. The molecule has 1 aromatic carbocycles. The van der Waals surface area contributed by atoms with Crippen LogP contribution in [0, 0.1) is 0 Å². The highest BCUT2D eigenvalue weighted by Gasteiger charge is 2.16. The van der Waals surface area contributed by atoms with Crippen molar-refractivity contribution in [3.8, 4) is 0 Å². The Bertz CT molecular complexity index is 658. The van der Waals surface area contributed by atoms with Gasteiger partial charge < -0.3 is 5.73 Å². The first-order valence-corrected chi connectivity index (χ1v) is 9.07. The smallest absolute Gasteiger partial charge is 0.240 e. The third-order valence-electron chi connectivity index (χ3n) is 2.26. The molecule has 7 nitrogen and oxygen atoms in total. The Hall–Kier alpha value is -0.680. The van der Waals surface area contributed by atoms with E-state index in [1.807, 2.05) is 0 Å². The Kier molecular flexibility index (Phi) is 5.33. The summed E-state index contributed by atoms with van der Waals surface area (Å²) in [5.74, 6) is -0.334. The van der Waals surface area contributed by atoms with E-state index in [0.717, 1.165) is 0 Å². The van der Waals surface area contributed by atoms with Gasteiger partial charge in [0.25, 0.3) is 0 Å². The van der Waals surface area contributed by atoms with E-state index >= 15 is 0 Å². The Balaban J connectivity index is 2.79. The standard InChI is InChI=1S/C9H14BrN3O4S2/c1-12-18(14,15)5-4-13-19(16,17)7-2-3-9(11)8(10)6-7/h2-3,6,12-13H,4-5,11H2,1H3. The van der Waals surface area contributed by atoms with Crippen molar-refractivity contribution in [2.75, 3.05) is 25.1 Å². The maximum Gasteiger partial charge on any atom is 0.240 e. The van der Waals surface area contributed by atoms with Crippen molar-refractivity contribution in [2.24, 2.45) is 0 Å². The molecule has 0 saturated carbocycles. The van der Waals surface area contributed by atoms with Crippen LogP contribution in [0.2, 0.25) is 0 Å². The molecule has 0 unspecified atom stereocenters. The second-order valence-corrected chi connectivity index (χ2v) is 8.27. The lowest BCUT2D eigenvalue weighted by atomic mass is 10.3. The monoisotopic (exact) mass is 371 g/mol. The third kappa shape index (κ3) is 4.73. The van der Waals surface area contributed by atoms with Crippen LogP contribution in [0.15, 0.2) is 27.6 Å². The predicted molar refractivity (Wildman–Crippen MR) is 76.6 cm³/mol. The molecule has 0 amide bonds. The highest BCUT2D eigenvalue weighted by Crippen LogP contribution is 2.22. The maximum atomic E-state index is 11.9. The molecular weight excluding hydrogens is 358 g/mol. The van der Waals surface area contributed by atoms with E-state index in [1.165, 1.54) is 25.2 Å². The third-order valence-corrected chi connectivity index (χ3v) is 5.77. The van der Waals surface area contributed by atoms with E-state index in [0.29, 0.717) is 10.2 Å². The number of nitrogen functional groups attached to an aromatic ring is 1. The molecule has 19 heavy (non-hydrogen) atoms. The van der Waals surface area contributed by atoms with E-state index in [-0.39, 0.29) is 17.2 Å². The Morgan fingerprint density at radius 3 is 2.42 bits per heavy atom. The minimum absolute atomic E-state index is 0.00966. The van der Waals surface area contributed by atoms with Crippen LogP contribution < -0.4 is 15.2 Å². The van der Waals surface area contributed by atoms with Crippen molar-refractivity contribution in [3.63, 3.8) is 0 Å². The van der Waals surface area contributed by atoms with Crippen LogP contribution >= 0.6 is 15.9 Å². The summed E-state index contributed by atoms with van der Waals surface area (Å²) >= 11 is 3.13. The molecular formula is C9H14BrN3O4S2. The number of anilines is 1. The maximum absolute atomic E-state index is 11.9. The van der Waals surface area contributed by atoms with Gasteiger partial charge in [-0.3, -0.25) is 0 Å². The number of hydrogen-bond acceptors (Lipinski definition) is 5. The molecule has 108 valence electrons. The SMILES string of the molecule is CNS(=O)(=O)CCNS(=O)(=O)c1ccc(N)c(Br)c1. The predicted octanol–water partition coefficient (Wildman–Crippen LogP) is -0.141. The summed E-state index contributed by atoms with van der Waals surface area (Å²) in [4.78, 5) is 0.00966. The topological polar surface area (TPSA) is 118 Å². The molecule has 0 aliphatic heterocycles. The lowest BCUT2D eigenvalue weighted by Crippen LogP contribution is -2.33. The zero-order valence-electron chi connectivity index (χ0n) is 10.1. The van der Waals surface area contributed by atoms with E-state index in [9.17, 15) is 16.8 Å². The molecule has 0 fully saturated rings. The molecule has 0 heterocycles. The Labute approximate surface area is 120 Å². The number of rotatable bonds is 6. The number of halogens is 1. The van der Waals surface area contributed by atoms with Crippen molar-refractivity contribution in [1.82, 2.24) is 9.44 Å². The van der Waals surface area contributed by atoms with Gasteiger partial charge in [0.05, 0.1) is 10.6 Å². The van der Waals surface area contributed by atoms with Crippen molar-refractivity contribution < 1.29 is 16.8 Å². The van der Waals surface area contributed by atoms with Crippen molar-refractivity contribution >= 4 is 41.7 Å². The van der Waals surface area contributed by atoms with Gasteiger partial charge in [-0.05, 0) is 41.2 Å². The van der Waals surface area contributed by atoms with E-state index in [1.54, 1.807) is 0 Å². The van der Waals surface area contributed by atoms with Crippen LogP contribution in [0.3, 0.4) is 0 Å². The molecule has 0 atom stereocenters. The average Bonchev–Trinajstić information content (AvgIpc) is 2.32. The summed E-state index contributed by atoms with van der Waals surface area (Å²) in [7, 11) is -5.94. The molecule has 10 heteroatoms. The summed E-state index contributed by atoms with van der Waals surface area (Å²) in [6.45, 7) is -0.215. The summed E-state index contributed by atoms with van der Waals surface area (Å²) in [5, 5.41) is 0. The van der Waals surface area contributed by atoms with Gasteiger partial charge in [0, 0.05) is 16.7 Å². The van der Waals surface area contributed by atoms with Gasteiger partial charge >= 0.3 is 0 Å². The quantitative estimate of drug-likeness (QED) is 0.601. The van der Waals surface area contributed by atoms with Gasteiger partial charge in [-0.1, -0.05) is 0 Å². The summed E-state index contributed by atoms with van der Waals surface area (Å²) in [6.07, 6.45) is 0. The second kappa shape index (κ2) is 6.18. The number of nitrogens with one attached hydrogen (secondary N) is 2. The van der Waals surface area contributed by atoms with Crippen LogP contribution in [0.1, 0.15) is 0 Å². The Morgan fingerprint density at radius 1 is 1.26 bits per heavy atom. The van der Waals surface area contributed by atoms with Gasteiger partial charge in [0.15, 0.2) is 0 Å². The lowest BCUT2D eigenvalue weighted by molar-refractivity contribution is 0.578. The normalized spacial score (nSPS) is 12.5. The van der Waals surface area contributed by atoms with Crippen LogP contribution in [0.4, 0.5) is 5.69 Å². The molecule has 0 spiro atoms. The largest absolute Gasteiger partial charge is 0.398 e. The van der Waals surface area contributed by atoms with E-state index in [4.69, 9.17) is 5.73 Å². The van der Waals surface area contributed by atoms with Crippen LogP contribution in [-0.4, -0.2) is 36.2 Å². The van der Waals surface area contributed by atoms with Crippen LogP contribution in [-0.2, 0) is 20.0 Å². The fourth-order valence-electron chi connectivity index (χ4n) is 1.17. The van der Waals surface area contributed by atoms with Crippen LogP contribution in [0.25, 0.3) is 0 Å². The minimum Gasteiger partial charge on any atom is -0.398 e. The molecule has 0 aliphatic carbocycles. The highest BCUT2D eigenvalue weighted by atomic mass is 79.9. The molecule has 0 saturated heterocycles. The average molecular weight is 372 g/mol. The summed E-state index contributed by atoms with van der Waals surface area (Å²) in [6, 6.07) is 4.14. The van der Waals surface area contributed by atoms with E-state index < -0.39 is 20.0 Å². The molecule has 4 N–H and O–H groups in total. The summed E-state index contributed by atoms with van der Waals surface area (Å²) in [5.41, 5.74) is 5.97. The second-order valence-electron chi connectivity index (χ2n) is 3.60. The van der Waals surface area contributed by atoms with Gasteiger partial charge in [-0.2, -0.15) is 0 Å². The Morgan fingerprint density at radius 2 is 1.89 bits per heavy atom. The number of benzene rings is 1. The van der Waals surface area contributed by atoms with Gasteiger partial charge in [0.1, 0.15) is 0 Å². The number of hydrogen-bond donors (Lipinski definition) is 3. The first kappa shape index (κ1) is 16.4. The fourth-order valence-corrected chi connectivity index (χ4v) is 3.46. The molecule has 1 rings (SSSR count). The van der Waals surface area contributed by atoms with Crippen molar-refractivity contribution in [1.29, 1.82) is 0 Å². The molecule has 1 aromatic rings. The lowest BCUT2D eigenvalue weighted by Gasteiger charge is -2.08. The molecule has 0 bridgehead atoms. The first-order valence-electron chi connectivity index (χ1n) is 5.14. The first-order chi connectivity index (χ1) is 8.68. The fraction of sp³-hybridized carbons (Fsp3) is 0.333. The minimum atomic E-state index is -3.76. The zero-order valence-corrected chi connectivity index (χ0v) is 13.3. The van der Waals surface area contributed by atoms with Crippen molar-refractivity contribution in [3.05, 3.63) is 22.7 Å². The van der Waals surface area contributed by atoms with E-state index in [2.05, 4.69) is 25.4 Å². The molecule has 0 aliphatic rings. The van der Waals surface area contributed by atoms with Gasteiger partial charge in [0.2, 0.25) is 20.0 Å². The molecule has 0 radical (unpaired) electrons. The van der Waals surface area contributed by atoms with Crippen molar-refractivity contribution in [2.45, 2.75) is 4.90 Å². The number of sulfonamides is 2. The highest BCUT2D eigenvalue weighted by molar-refractivity contribution is 9.10. The number of nitrogens with two attached hydrogens (primary N) is 1. The van der Waals surface area contributed by atoms with Crippen LogP contribution in [0.5, 0.6) is 0 Å². The summed E-state index contributed by atoms with van der Waals surface area (Å²) < 4.78 is 50.8.